The first-order valence-corrected chi connectivity index (χ1v) is 7.04. The molecule has 1 aliphatic rings. The van der Waals surface area contributed by atoms with E-state index in [0.717, 1.165) is 37.5 Å². The maximum absolute atomic E-state index is 13.2. The number of halogens is 1. The fourth-order valence-electron chi connectivity index (χ4n) is 2.58. The number of aromatic hydroxyl groups is 1. The highest BCUT2D eigenvalue weighted by molar-refractivity contribution is 5.95. The standard InChI is InChI=1S/C16H15FO4/c17-10-6-11-13(19)8-15(21-16(11)14(20)7-10)12(18)5-4-9-2-1-3-9/h6-9,20H,1-5H2. The SMILES string of the molecule is O=C(CCC1CCC1)c1cc(=O)c2cc(F)cc(O)c2o1. The number of carbonyl (C=O) groups excluding carboxylic acids is 1. The highest BCUT2D eigenvalue weighted by Crippen LogP contribution is 2.31. The molecule has 1 aliphatic carbocycles. The van der Waals surface area contributed by atoms with Crippen LogP contribution in [0.25, 0.3) is 11.0 Å². The van der Waals surface area contributed by atoms with Gasteiger partial charge in [-0.05, 0) is 18.4 Å². The number of ketones is 1. The molecule has 1 aromatic heterocycles. The molecule has 0 spiro atoms. The summed E-state index contributed by atoms with van der Waals surface area (Å²) in [5.41, 5.74) is -0.672. The van der Waals surface area contributed by atoms with Gasteiger partial charge in [0.05, 0.1) is 5.39 Å². The minimum absolute atomic E-state index is 0.0666. The number of phenols is 1. The third-order valence-corrected chi connectivity index (χ3v) is 4.05. The smallest absolute Gasteiger partial charge is 0.198 e. The molecule has 1 aromatic carbocycles. The zero-order valence-corrected chi connectivity index (χ0v) is 11.4. The Kier molecular flexibility index (Phi) is 3.49. The third kappa shape index (κ3) is 2.68. The van der Waals surface area contributed by atoms with Crippen LogP contribution in [0.15, 0.2) is 27.4 Å². The van der Waals surface area contributed by atoms with Crippen LogP contribution in [0, 0.1) is 11.7 Å². The first-order chi connectivity index (χ1) is 10.0. The molecule has 1 N–H and O–H groups in total. The van der Waals surface area contributed by atoms with Crippen molar-refractivity contribution in [3.63, 3.8) is 0 Å². The Hall–Kier alpha value is -2.17. The summed E-state index contributed by atoms with van der Waals surface area (Å²) in [6.07, 6.45) is 4.62. The summed E-state index contributed by atoms with van der Waals surface area (Å²) in [5, 5.41) is 9.60. The Morgan fingerprint density at radius 1 is 1.33 bits per heavy atom. The lowest BCUT2D eigenvalue weighted by Gasteiger charge is -2.24. The Bertz CT molecular complexity index is 759. The summed E-state index contributed by atoms with van der Waals surface area (Å²) >= 11 is 0. The van der Waals surface area contributed by atoms with Crippen molar-refractivity contribution in [1.82, 2.24) is 0 Å². The summed E-state index contributed by atoms with van der Waals surface area (Å²) in [5.74, 6) is -0.950. The van der Waals surface area contributed by atoms with Gasteiger partial charge in [-0.25, -0.2) is 4.39 Å². The summed E-state index contributed by atoms with van der Waals surface area (Å²) < 4.78 is 18.5. The lowest BCUT2D eigenvalue weighted by Crippen LogP contribution is -2.14. The molecule has 0 unspecified atom stereocenters. The van der Waals surface area contributed by atoms with E-state index in [2.05, 4.69) is 0 Å². The van der Waals surface area contributed by atoms with E-state index in [1.54, 1.807) is 0 Å². The molecule has 1 fully saturated rings. The van der Waals surface area contributed by atoms with E-state index in [1.165, 1.54) is 6.42 Å². The molecule has 1 saturated carbocycles. The van der Waals surface area contributed by atoms with Gasteiger partial charge in [-0.15, -0.1) is 0 Å². The average Bonchev–Trinajstić information content (AvgIpc) is 2.37. The predicted octanol–water partition coefficient (Wildman–Crippen LogP) is 3.40. The number of phenolic OH excluding ortho intramolecular Hbond substituents is 1. The summed E-state index contributed by atoms with van der Waals surface area (Å²) in [6, 6.07) is 2.92. The highest BCUT2D eigenvalue weighted by atomic mass is 19.1. The van der Waals surface area contributed by atoms with Crippen LogP contribution in [-0.4, -0.2) is 10.9 Å². The van der Waals surface area contributed by atoms with Gasteiger partial charge in [0.2, 0.25) is 0 Å². The molecule has 0 saturated heterocycles. The maximum Gasteiger partial charge on any atom is 0.198 e. The second-order valence-corrected chi connectivity index (χ2v) is 5.54. The number of hydrogen-bond donors (Lipinski definition) is 1. The van der Waals surface area contributed by atoms with Crippen molar-refractivity contribution in [3.8, 4) is 5.75 Å². The molecule has 4 nitrogen and oxygen atoms in total. The molecule has 0 aliphatic heterocycles. The van der Waals surface area contributed by atoms with Crippen molar-refractivity contribution in [2.45, 2.75) is 32.1 Å². The van der Waals surface area contributed by atoms with Crippen LogP contribution < -0.4 is 5.43 Å². The van der Waals surface area contributed by atoms with Gasteiger partial charge in [0, 0.05) is 18.6 Å². The predicted molar refractivity (Wildman–Crippen MR) is 75.0 cm³/mol. The molecular weight excluding hydrogens is 275 g/mol. The number of Topliss-reactive ketones (excluding diaryl/α,β-unsaturated/α-hetero) is 1. The topological polar surface area (TPSA) is 67.5 Å². The van der Waals surface area contributed by atoms with Gasteiger partial charge in [0.15, 0.2) is 28.3 Å². The molecule has 5 heteroatoms. The van der Waals surface area contributed by atoms with Crippen molar-refractivity contribution in [3.05, 3.63) is 40.0 Å². The van der Waals surface area contributed by atoms with E-state index < -0.39 is 17.0 Å². The number of hydrogen-bond acceptors (Lipinski definition) is 4. The second kappa shape index (κ2) is 5.31. The van der Waals surface area contributed by atoms with Crippen LogP contribution >= 0.6 is 0 Å². The van der Waals surface area contributed by atoms with Crippen molar-refractivity contribution in [2.75, 3.05) is 0 Å². The van der Waals surface area contributed by atoms with E-state index in [0.29, 0.717) is 12.3 Å². The van der Waals surface area contributed by atoms with Gasteiger partial charge in [-0.2, -0.15) is 0 Å². The molecule has 3 rings (SSSR count). The van der Waals surface area contributed by atoms with E-state index in [9.17, 15) is 19.1 Å². The quantitative estimate of drug-likeness (QED) is 0.876. The second-order valence-electron chi connectivity index (χ2n) is 5.54. The molecule has 2 aromatic rings. The molecular formula is C16H15FO4. The minimum atomic E-state index is -0.726. The van der Waals surface area contributed by atoms with Gasteiger partial charge < -0.3 is 9.52 Å². The van der Waals surface area contributed by atoms with E-state index >= 15 is 0 Å². The van der Waals surface area contributed by atoms with Crippen molar-refractivity contribution in [2.24, 2.45) is 5.92 Å². The summed E-state index contributed by atoms with van der Waals surface area (Å²) in [7, 11) is 0. The normalized spacial score (nSPS) is 15.1. The molecule has 0 bridgehead atoms. The molecule has 0 amide bonds. The third-order valence-electron chi connectivity index (χ3n) is 4.05. The number of carbonyl (C=O) groups is 1. The van der Waals surface area contributed by atoms with Crippen LogP contribution in [0.3, 0.4) is 0 Å². The van der Waals surface area contributed by atoms with Crippen LogP contribution in [0.1, 0.15) is 42.7 Å². The number of fused-ring (bicyclic) bond motifs is 1. The van der Waals surface area contributed by atoms with Crippen LogP contribution in [0.4, 0.5) is 4.39 Å². The van der Waals surface area contributed by atoms with E-state index in [1.807, 2.05) is 0 Å². The largest absolute Gasteiger partial charge is 0.504 e. The molecule has 0 radical (unpaired) electrons. The Labute approximate surface area is 120 Å². The summed E-state index contributed by atoms with van der Waals surface area (Å²) in [6.45, 7) is 0. The number of rotatable bonds is 4. The number of benzene rings is 1. The lowest BCUT2D eigenvalue weighted by molar-refractivity contribution is 0.0939. The lowest BCUT2D eigenvalue weighted by atomic mass is 9.81. The van der Waals surface area contributed by atoms with E-state index in [-0.39, 0.29) is 22.5 Å². The Balaban J connectivity index is 1.92. The zero-order chi connectivity index (χ0) is 15.0. The molecule has 1 heterocycles. The molecule has 110 valence electrons. The van der Waals surface area contributed by atoms with Crippen LogP contribution in [0.2, 0.25) is 0 Å². The average molecular weight is 290 g/mol. The van der Waals surface area contributed by atoms with Gasteiger partial charge in [0.25, 0.3) is 0 Å². The van der Waals surface area contributed by atoms with Gasteiger partial charge in [0.1, 0.15) is 5.82 Å². The van der Waals surface area contributed by atoms with Gasteiger partial charge in [-0.1, -0.05) is 19.3 Å². The molecule has 21 heavy (non-hydrogen) atoms. The van der Waals surface area contributed by atoms with Crippen LogP contribution in [0.5, 0.6) is 5.75 Å². The monoisotopic (exact) mass is 290 g/mol. The van der Waals surface area contributed by atoms with Crippen molar-refractivity contribution < 1.29 is 18.7 Å². The van der Waals surface area contributed by atoms with Gasteiger partial charge >= 0.3 is 0 Å². The molecule has 0 atom stereocenters. The first kappa shape index (κ1) is 13.8. The first-order valence-electron chi connectivity index (χ1n) is 7.04. The maximum atomic E-state index is 13.2. The van der Waals surface area contributed by atoms with Crippen LogP contribution in [-0.2, 0) is 0 Å². The fraction of sp³-hybridized carbons (Fsp3) is 0.375. The van der Waals surface area contributed by atoms with Crippen molar-refractivity contribution >= 4 is 16.8 Å². The zero-order valence-electron chi connectivity index (χ0n) is 11.4. The summed E-state index contributed by atoms with van der Waals surface area (Å²) in [4.78, 5) is 24.0. The fourth-order valence-corrected chi connectivity index (χ4v) is 2.58. The van der Waals surface area contributed by atoms with E-state index in [4.69, 9.17) is 4.42 Å². The highest BCUT2D eigenvalue weighted by Gasteiger charge is 2.20. The minimum Gasteiger partial charge on any atom is -0.504 e. The van der Waals surface area contributed by atoms with Gasteiger partial charge in [-0.3, -0.25) is 9.59 Å². The Morgan fingerprint density at radius 2 is 2.10 bits per heavy atom. The van der Waals surface area contributed by atoms with Crippen molar-refractivity contribution in [1.29, 1.82) is 0 Å². The Morgan fingerprint density at radius 3 is 2.76 bits per heavy atom.